The van der Waals surface area contributed by atoms with Crippen molar-refractivity contribution < 1.29 is 4.79 Å². The Hall–Kier alpha value is -2.62. The molecule has 5 rings (SSSR count). The van der Waals surface area contributed by atoms with E-state index in [9.17, 15) is 4.79 Å². The van der Waals surface area contributed by atoms with Crippen LogP contribution in [-0.2, 0) is 6.42 Å². The van der Waals surface area contributed by atoms with Crippen molar-refractivity contribution in [2.24, 2.45) is 0 Å². The fourth-order valence-corrected chi connectivity index (χ4v) is 4.69. The Bertz CT molecular complexity index is 945. The average molecular weight is 331 g/mol. The second-order valence-corrected chi connectivity index (χ2v) is 7.19. The van der Waals surface area contributed by atoms with Crippen molar-refractivity contribution in [1.82, 2.24) is 14.9 Å². The number of piperidine rings is 1. The van der Waals surface area contributed by atoms with Crippen LogP contribution in [0.3, 0.4) is 0 Å². The van der Waals surface area contributed by atoms with Gasteiger partial charge in [-0.3, -0.25) is 4.79 Å². The molecule has 0 saturated carbocycles. The fourth-order valence-electron chi connectivity index (χ4n) is 4.69. The number of carbonyl (C=O) groups excluding carboxylic acids is 1. The number of carbonyl (C=O) groups is 1. The molecule has 2 aliphatic rings. The number of hydrogen-bond acceptors (Lipinski definition) is 2. The number of imidazole rings is 1. The molecule has 1 aliphatic heterocycles. The molecule has 0 bridgehead atoms. The molecule has 1 N–H and O–H groups in total. The van der Waals surface area contributed by atoms with Gasteiger partial charge in [-0.1, -0.05) is 24.3 Å². The van der Waals surface area contributed by atoms with Crippen LogP contribution in [-0.4, -0.2) is 33.4 Å². The second kappa shape index (κ2) is 5.73. The molecule has 3 aromatic rings. The first-order valence-electron chi connectivity index (χ1n) is 9.13. The lowest BCUT2D eigenvalue weighted by molar-refractivity contribution is 0.0547. The Morgan fingerprint density at radius 2 is 2.08 bits per heavy atom. The van der Waals surface area contributed by atoms with Gasteiger partial charge in [0.05, 0.1) is 17.4 Å². The maximum Gasteiger partial charge on any atom is 0.254 e. The summed E-state index contributed by atoms with van der Waals surface area (Å²) < 4.78 is 0. The van der Waals surface area contributed by atoms with E-state index in [0.717, 1.165) is 42.4 Å². The molecular formula is C21H21N3O. The molecule has 1 fully saturated rings. The van der Waals surface area contributed by atoms with Gasteiger partial charge in [-0.05, 0) is 55.0 Å². The number of aryl methyl sites for hydroxylation is 1. The van der Waals surface area contributed by atoms with Crippen molar-refractivity contribution in [3.8, 4) is 0 Å². The molecule has 4 heteroatoms. The van der Waals surface area contributed by atoms with Crippen molar-refractivity contribution in [3.05, 3.63) is 65.5 Å². The zero-order chi connectivity index (χ0) is 16.8. The van der Waals surface area contributed by atoms with Gasteiger partial charge in [0.15, 0.2) is 0 Å². The lowest BCUT2D eigenvalue weighted by atomic mass is 9.74. The first kappa shape index (κ1) is 14.7. The quantitative estimate of drug-likeness (QED) is 0.735. The number of rotatable bonds is 1. The summed E-state index contributed by atoms with van der Waals surface area (Å²) in [7, 11) is 0. The van der Waals surface area contributed by atoms with Gasteiger partial charge >= 0.3 is 0 Å². The monoisotopic (exact) mass is 331 g/mol. The minimum absolute atomic E-state index is 0.158. The second-order valence-electron chi connectivity index (χ2n) is 7.19. The van der Waals surface area contributed by atoms with Gasteiger partial charge in [0.25, 0.3) is 5.91 Å². The highest BCUT2D eigenvalue weighted by atomic mass is 16.2. The number of nitrogens with zero attached hydrogens (tertiary/aromatic N) is 2. The molecule has 0 radical (unpaired) electrons. The molecule has 25 heavy (non-hydrogen) atoms. The van der Waals surface area contributed by atoms with E-state index in [4.69, 9.17) is 0 Å². The molecular weight excluding hydrogens is 310 g/mol. The van der Waals surface area contributed by atoms with E-state index in [2.05, 4.69) is 39.1 Å². The maximum absolute atomic E-state index is 13.2. The van der Waals surface area contributed by atoms with Gasteiger partial charge in [0.2, 0.25) is 0 Å². The summed E-state index contributed by atoms with van der Waals surface area (Å²) in [6.07, 6.45) is 6.08. The van der Waals surface area contributed by atoms with E-state index in [1.807, 2.05) is 18.2 Å². The molecule has 1 aliphatic carbocycles. The third-order valence-electron chi connectivity index (χ3n) is 5.87. The number of likely N-dealkylation sites (tertiary alicyclic amines) is 1. The molecule has 126 valence electrons. The van der Waals surface area contributed by atoms with Crippen LogP contribution < -0.4 is 0 Å². The van der Waals surface area contributed by atoms with Gasteiger partial charge in [-0.2, -0.15) is 0 Å². The summed E-state index contributed by atoms with van der Waals surface area (Å²) in [5, 5.41) is 0. The summed E-state index contributed by atoms with van der Waals surface area (Å²) in [5.41, 5.74) is 5.52. The predicted molar refractivity (Wildman–Crippen MR) is 97.7 cm³/mol. The number of aromatic nitrogens is 2. The van der Waals surface area contributed by atoms with E-state index in [0.29, 0.717) is 12.0 Å². The highest BCUT2D eigenvalue weighted by molar-refractivity contribution is 5.97. The van der Waals surface area contributed by atoms with Crippen LogP contribution in [0.4, 0.5) is 0 Å². The number of aromatic amines is 1. The van der Waals surface area contributed by atoms with Crippen LogP contribution in [0.15, 0.2) is 48.8 Å². The van der Waals surface area contributed by atoms with Gasteiger partial charge < -0.3 is 9.88 Å². The third-order valence-corrected chi connectivity index (χ3v) is 5.87. The lowest BCUT2D eigenvalue weighted by Crippen LogP contribution is -2.49. The SMILES string of the molecule is O=C(c1ccc2nc[nH]c2c1)N1CCCC2c3ccccc3CC[C@H]21. The molecule has 2 aromatic carbocycles. The number of nitrogens with one attached hydrogen (secondary N) is 1. The van der Waals surface area contributed by atoms with Crippen molar-refractivity contribution in [3.63, 3.8) is 0 Å². The smallest absolute Gasteiger partial charge is 0.254 e. The van der Waals surface area contributed by atoms with Crippen LogP contribution in [0, 0.1) is 0 Å². The van der Waals surface area contributed by atoms with Gasteiger partial charge in [-0.25, -0.2) is 4.98 Å². The molecule has 1 unspecified atom stereocenters. The molecule has 1 amide bonds. The zero-order valence-corrected chi connectivity index (χ0v) is 14.1. The summed E-state index contributed by atoms with van der Waals surface area (Å²) in [6, 6.07) is 14.9. The third kappa shape index (κ3) is 2.36. The van der Waals surface area contributed by atoms with E-state index < -0.39 is 0 Å². The highest BCUT2D eigenvalue weighted by Gasteiger charge is 2.38. The molecule has 4 nitrogen and oxygen atoms in total. The predicted octanol–water partition coefficient (Wildman–Crippen LogP) is 3.90. The van der Waals surface area contributed by atoms with Crippen LogP contribution in [0.1, 0.15) is 46.7 Å². The van der Waals surface area contributed by atoms with Crippen molar-refractivity contribution in [1.29, 1.82) is 0 Å². The average Bonchev–Trinajstić information content (AvgIpc) is 3.14. The fraction of sp³-hybridized carbons (Fsp3) is 0.333. The molecule has 2 heterocycles. The summed E-state index contributed by atoms with van der Waals surface area (Å²) in [5.74, 6) is 0.643. The molecule has 1 aromatic heterocycles. The molecule has 2 atom stereocenters. The standard InChI is InChI=1S/C21H21N3O/c25-21(15-7-9-18-19(12-15)23-13-22-18)24-11-3-6-17-16-5-2-1-4-14(16)8-10-20(17)24/h1-2,4-5,7,9,12-13,17,20H,3,6,8,10-11H2,(H,22,23)/t17?,20-/m1/s1. The summed E-state index contributed by atoms with van der Waals surface area (Å²) in [4.78, 5) is 22.7. The minimum atomic E-state index is 0.158. The number of fused-ring (bicyclic) bond motifs is 4. The molecule has 1 saturated heterocycles. The maximum atomic E-state index is 13.2. The van der Waals surface area contributed by atoms with Gasteiger partial charge in [-0.15, -0.1) is 0 Å². The number of H-pyrrole nitrogens is 1. The Kier molecular flexibility index (Phi) is 3.37. The Morgan fingerprint density at radius 1 is 1.16 bits per heavy atom. The van der Waals surface area contributed by atoms with Crippen LogP contribution in [0.5, 0.6) is 0 Å². The van der Waals surface area contributed by atoms with Crippen molar-refractivity contribution in [2.45, 2.75) is 37.6 Å². The number of benzene rings is 2. The summed E-state index contributed by atoms with van der Waals surface area (Å²) in [6.45, 7) is 0.864. The van der Waals surface area contributed by atoms with Crippen LogP contribution in [0.25, 0.3) is 11.0 Å². The largest absolute Gasteiger partial charge is 0.345 e. The van der Waals surface area contributed by atoms with E-state index in [1.165, 1.54) is 17.5 Å². The summed E-state index contributed by atoms with van der Waals surface area (Å²) >= 11 is 0. The van der Waals surface area contributed by atoms with E-state index in [1.54, 1.807) is 6.33 Å². The van der Waals surface area contributed by atoms with Crippen LogP contribution >= 0.6 is 0 Å². The van der Waals surface area contributed by atoms with Crippen molar-refractivity contribution >= 4 is 16.9 Å². The molecule has 0 spiro atoms. The van der Waals surface area contributed by atoms with E-state index in [-0.39, 0.29) is 5.91 Å². The van der Waals surface area contributed by atoms with Gasteiger partial charge in [0, 0.05) is 24.1 Å². The first-order chi connectivity index (χ1) is 12.3. The minimum Gasteiger partial charge on any atom is -0.345 e. The van der Waals surface area contributed by atoms with Gasteiger partial charge in [0.1, 0.15) is 0 Å². The Labute approximate surface area is 146 Å². The van der Waals surface area contributed by atoms with Crippen LogP contribution in [0.2, 0.25) is 0 Å². The normalized spacial score (nSPS) is 22.5. The number of hydrogen-bond donors (Lipinski definition) is 1. The zero-order valence-electron chi connectivity index (χ0n) is 14.1. The topological polar surface area (TPSA) is 49.0 Å². The Balaban J connectivity index is 1.48. The Morgan fingerprint density at radius 3 is 3.04 bits per heavy atom. The van der Waals surface area contributed by atoms with E-state index >= 15 is 0 Å². The van der Waals surface area contributed by atoms with Crippen molar-refractivity contribution in [2.75, 3.05) is 6.54 Å². The first-order valence-corrected chi connectivity index (χ1v) is 9.13. The highest BCUT2D eigenvalue weighted by Crippen LogP contribution is 2.41. The number of amides is 1. The lowest BCUT2D eigenvalue weighted by Gasteiger charge is -2.45.